The minimum atomic E-state index is 0.0478. The molecule has 0 radical (unpaired) electrons. The number of benzene rings is 1. The van der Waals surface area contributed by atoms with Crippen LogP contribution in [-0.2, 0) is 0 Å². The maximum Gasteiger partial charge on any atom is 0.251 e. The molecular formula is C14H19N3O. The first-order chi connectivity index (χ1) is 8.81. The molecule has 1 aliphatic heterocycles. The summed E-state index contributed by atoms with van der Waals surface area (Å²) in [7, 11) is 0. The number of anilines is 1. The van der Waals surface area contributed by atoms with Crippen molar-refractivity contribution in [3.63, 3.8) is 0 Å². The minimum absolute atomic E-state index is 0.0478. The topological polar surface area (TPSA) is 53.2 Å². The molecule has 3 rings (SSSR count). The Kier molecular flexibility index (Phi) is 3.19. The normalized spacial score (nSPS) is 22.8. The van der Waals surface area contributed by atoms with Gasteiger partial charge >= 0.3 is 0 Å². The average molecular weight is 245 g/mol. The largest absolute Gasteiger partial charge is 0.381 e. The summed E-state index contributed by atoms with van der Waals surface area (Å²) in [4.78, 5) is 11.8. The predicted molar refractivity (Wildman–Crippen MR) is 71.8 cm³/mol. The van der Waals surface area contributed by atoms with Crippen LogP contribution in [0, 0.1) is 0 Å². The molecule has 18 heavy (non-hydrogen) atoms. The van der Waals surface area contributed by atoms with Gasteiger partial charge in [-0.25, -0.2) is 0 Å². The zero-order chi connectivity index (χ0) is 12.4. The lowest BCUT2D eigenvalue weighted by Crippen LogP contribution is -2.25. The number of hydrogen-bond donors (Lipinski definition) is 3. The standard InChI is InChI=1S/C14H19N3O/c18-14(17-12-5-6-12)10-1-3-11(4-2-10)16-13-7-8-15-9-13/h1-4,12-13,15-16H,5-9H2,(H,17,18). The number of nitrogens with one attached hydrogen (secondary N) is 3. The molecule has 2 aliphatic rings. The number of rotatable bonds is 4. The monoisotopic (exact) mass is 245 g/mol. The Morgan fingerprint density at radius 3 is 2.50 bits per heavy atom. The Morgan fingerprint density at radius 2 is 1.89 bits per heavy atom. The molecule has 1 aliphatic carbocycles. The van der Waals surface area contributed by atoms with Gasteiger partial charge in [0.15, 0.2) is 0 Å². The van der Waals surface area contributed by atoms with Gasteiger partial charge < -0.3 is 16.0 Å². The zero-order valence-electron chi connectivity index (χ0n) is 10.4. The van der Waals surface area contributed by atoms with Crippen molar-refractivity contribution in [2.24, 2.45) is 0 Å². The number of amides is 1. The fourth-order valence-electron chi connectivity index (χ4n) is 2.23. The van der Waals surface area contributed by atoms with Gasteiger partial charge in [0.05, 0.1) is 0 Å². The van der Waals surface area contributed by atoms with Crippen LogP contribution < -0.4 is 16.0 Å². The van der Waals surface area contributed by atoms with Gasteiger partial charge in [0.25, 0.3) is 5.91 Å². The summed E-state index contributed by atoms with van der Waals surface area (Å²) in [5.41, 5.74) is 1.84. The molecule has 96 valence electrons. The van der Waals surface area contributed by atoms with Crippen LogP contribution in [0.5, 0.6) is 0 Å². The van der Waals surface area contributed by atoms with Gasteiger partial charge in [-0.05, 0) is 50.1 Å². The fourth-order valence-corrected chi connectivity index (χ4v) is 2.23. The van der Waals surface area contributed by atoms with Crippen molar-refractivity contribution in [3.05, 3.63) is 29.8 Å². The predicted octanol–water partition coefficient (Wildman–Crippen LogP) is 1.35. The van der Waals surface area contributed by atoms with E-state index < -0.39 is 0 Å². The van der Waals surface area contributed by atoms with Gasteiger partial charge in [0, 0.05) is 29.9 Å². The summed E-state index contributed by atoms with van der Waals surface area (Å²) < 4.78 is 0. The van der Waals surface area contributed by atoms with Crippen LogP contribution in [-0.4, -0.2) is 31.1 Å². The van der Waals surface area contributed by atoms with Crippen LogP contribution in [0.4, 0.5) is 5.69 Å². The molecule has 4 nitrogen and oxygen atoms in total. The quantitative estimate of drug-likeness (QED) is 0.750. The highest BCUT2D eigenvalue weighted by molar-refractivity contribution is 5.94. The third-order valence-electron chi connectivity index (χ3n) is 3.49. The molecule has 1 amide bonds. The average Bonchev–Trinajstić information content (AvgIpc) is 3.04. The highest BCUT2D eigenvalue weighted by Gasteiger charge is 2.23. The molecule has 1 unspecified atom stereocenters. The molecule has 1 heterocycles. The highest BCUT2D eigenvalue weighted by atomic mass is 16.1. The van der Waals surface area contributed by atoms with Gasteiger partial charge in [-0.1, -0.05) is 0 Å². The Morgan fingerprint density at radius 1 is 1.11 bits per heavy atom. The molecule has 0 bridgehead atoms. The third-order valence-corrected chi connectivity index (χ3v) is 3.49. The SMILES string of the molecule is O=C(NC1CC1)c1ccc(NC2CCNC2)cc1. The molecule has 1 saturated heterocycles. The second kappa shape index (κ2) is 4.98. The molecule has 0 aromatic heterocycles. The van der Waals surface area contributed by atoms with E-state index >= 15 is 0 Å². The van der Waals surface area contributed by atoms with Crippen molar-refractivity contribution in [3.8, 4) is 0 Å². The van der Waals surface area contributed by atoms with Crippen molar-refractivity contribution in [2.45, 2.75) is 31.3 Å². The Labute approximate surface area is 107 Å². The lowest BCUT2D eigenvalue weighted by atomic mass is 10.1. The summed E-state index contributed by atoms with van der Waals surface area (Å²) in [5, 5.41) is 9.78. The molecule has 1 aromatic rings. The molecule has 1 atom stereocenters. The molecular weight excluding hydrogens is 226 g/mol. The summed E-state index contributed by atoms with van der Waals surface area (Å²) in [6, 6.07) is 8.68. The van der Waals surface area contributed by atoms with Gasteiger partial charge in [0.1, 0.15) is 0 Å². The maximum absolute atomic E-state index is 11.8. The van der Waals surface area contributed by atoms with Crippen LogP contribution in [0.3, 0.4) is 0 Å². The van der Waals surface area contributed by atoms with Crippen LogP contribution >= 0.6 is 0 Å². The summed E-state index contributed by atoms with van der Waals surface area (Å²) >= 11 is 0. The van der Waals surface area contributed by atoms with Crippen molar-refractivity contribution in [2.75, 3.05) is 18.4 Å². The molecule has 4 heteroatoms. The minimum Gasteiger partial charge on any atom is -0.381 e. The van der Waals surface area contributed by atoms with Crippen molar-refractivity contribution in [1.29, 1.82) is 0 Å². The van der Waals surface area contributed by atoms with Gasteiger partial charge in [0.2, 0.25) is 0 Å². The summed E-state index contributed by atoms with van der Waals surface area (Å²) in [6.45, 7) is 2.10. The number of hydrogen-bond acceptors (Lipinski definition) is 3. The zero-order valence-corrected chi connectivity index (χ0v) is 10.4. The van der Waals surface area contributed by atoms with E-state index in [-0.39, 0.29) is 5.91 Å². The first-order valence-corrected chi connectivity index (χ1v) is 6.69. The van der Waals surface area contributed by atoms with E-state index in [0.717, 1.165) is 43.6 Å². The lowest BCUT2D eigenvalue weighted by molar-refractivity contribution is 0.0951. The Bertz CT molecular complexity index is 419. The van der Waals surface area contributed by atoms with Crippen LogP contribution in [0.2, 0.25) is 0 Å². The van der Waals surface area contributed by atoms with Crippen LogP contribution in [0.25, 0.3) is 0 Å². The Hall–Kier alpha value is -1.55. The first-order valence-electron chi connectivity index (χ1n) is 6.69. The van der Waals surface area contributed by atoms with Crippen LogP contribution in [0.15, 0.2) is 24.3 Å². The van der Waals surface area contributed by atoms with E-state index in [1.807, 2.05) is 24.3 Å². The van der Waals surface area contributed by atoms with Crippen molar-refractivity contribution < 1.29 is 4.79 Å². The molecule has 1 aromatic carbocycles. The highest BCUT2D eigenvalue weighted by Crippen LogP contribution is 2.20. The van der Waals surface area contributed by atoms with E-state index in [4.69, 9.17) is 0 Å². The van der Waals surface area contributed by atoms with Crippen LogP contribution in [0.1, 0.15) is 29.6 Å². The molecule has 1 saturated carbocycles. The molecule has 3 N–H and O–H groups in total. The third kappa shape index (κ3) is 2.82. The smallest absolute Gasteiger partial charge is 0.251 e. The second-order valence-electron chi connectivity index (χ2n) is 5.16. The first kappa shape index (κ1) is 11.5. The second-order valence-corrected chi connectivity index (χ2v) is 5.16. The maximum atomic E-state index is 11.8. The fraction of sp³-hybridized carbons (Fsp3) is 0.500. The van der Waals surface area contributed by atoms with E-state index in [2.05, 4.69) is 16.0 Å². The summed E-state index contributed by atoms with van der Waals surface area (Å²) in [6.07, 6.45) is 3.41. The van der Waals surface area contributed by atoms with E-state index in [9.17, 15) is 4.79 Å². The van der Waals surface area contributed by atoms with E-state index in [1.54, 1.807) is 0 Å². The molecule has 2 fully saturated rings. The van der Waals surface area contributed by atoms with Crippen molar-refractivity contribution >= 4 is 11.6 Å². The van der Waals surface area contributed by atoms with E-state index in [1.165, 1.54) is 0 Å². The molecule has 0 spiro atoms. The van der Waals surface area contributed by atoms with Gasteiger partial charge in [-0.15, -0.1) is 0 Å². The number of carbonyl (C=O) groups is 1. The Balaban J connectivity index is 1.58. The van der Waals surface area contributed by atoms with Gasteiger partial charge in [-0.3, -0.25) is 4.79 Å². The van der Waals surface area contributed by atoms with Gasteiger partial charge in [-0.2, -0.15) is 0 Å². The summed E-state index contributed by atoms with van der Waals surface area (Å²) in [5.74, 6) is 0.0478. The van der Waals surface area contributed by atoms with Crippen molar-refractivity contribution in [1.82, 2.24) is 10.6 Å². The lowest BCUT2D eigenvalue weighted by Gasteiger charge is -2.13. The van der Waals surface area contributed by atoms with E-state index in [0.29, 0.717) is 12.1 Å². The number of carbonyl (C=O) groups excluding carboxylic acids is 1.